The zero-order valence-electron chi connectivity index (χ0n) is 12.2. The third-order valence-corrected chi connectivity index (χ3v) is 3.39. The monoisotopic (exact) mass is 274 g/mol. The molecule has 0 saturated heterocycles. The molecule has 1 amide bonds. The summed E-state index contributed by atoms with van der Waals surface area (Å²) >= 11 is 6.39. The first-order valence-electron chi connectivity index (χ1n) is 6.67. The van der Waals surface area contributed by atoms with Crippen LogP contribution in [0, 0.1) is 0 Å². The largest absolute Gasteiger partial charge is 0.351 e. The van der Waals surface area contributed by atoms with Gasteiger partial charge >= 0.3 is 0 Å². The van der Waals surface area contributed by atoms with E-state index in [1.54, 1.807) is 6.92 Å². The van der Waals surface area contributed by atoms with Crippen LogP contribution < -0.4 is 5.32 Å². The average Bonchev–Trinajstić information content (AvgIpc) is 2.31. The van der Waals surface area contributed by atoms with Crippen molar-refractivity contribution in [3.05, 3.63) is 12.2 Å². The minimum atomic E-state index is -0.377. The van der Waals surface area contributed by atoms with Gasteiger partial charge in [0.25, 0.3) is 0 Å². The maximum Gasteiger partial charge on any atom is 0.246 e. The molecule has 0 rings (SSSR count). The quantitative estimate of drug-likeness (QED) is 0.518. The lowest BCUT2D eigenvalue weighted by molar-refractivity contribution is -0.117. The van der Waals surface area contributed by atoms with Crippen LogP contribution in [-0.2, 0) is 4.79 Å². The standard InChI is InChI=1S/C14H27ClN2O/c1-6-17(7-2)10-8-9-14(5,15)11-16-13(18)12(3)4/h3,6-11H2,1-2,4-5H3,(H,16,18). The molecule has 0 aromatic heterocycles. The van der Waals surface area contributed by atoms with Crippen LogP contribution in [0.2, 0.25) is 0 Å². The molecule has 0 saturated carbocycles. The fraction of sp³-hybridized carbons (Fsp3) is 0.786. The number of hydrogen-bond acceptors (Lipinski definition) is 2. The summed E-state index contributed by atoms with van der Waals surface area (Å²) in [5.41, 5.74) is 0.519. The van der Waals surface area contributed by atoms with Gasteiger partial charge in [-0.05, 0) is 46.3 Å². The van der Waals surface area contributed by atoms with Gasteiger partial charge in [-0.15, -0.1) is 11.6 Å². The highest BCUT2D eigenvalue weighted by atomic mass is 35.5. The minimum absolute atomic E-state index is 0.120. The molecule has 3 nitrogen and oxygen atoms in total. The van der Waals surface area contributed by atoms with Crippen LogP contribution in [0.1, 0.15) is 40.5 Å². The van der Waals surface area contributed by atoms with Crippen molar-refractivity contribution in [2.24, 2.45) is 0 Å². The summed E-state index contributed by atoms with van der Waals surface area (Å²) in [7, 11) is 0. The summed E-state index contributed by atoms with van der Waals surface area (Å²) in [5.74, 6) is -0.120. The first kappa shape index (κ1) is 17.5. The number of rotatable bonds is 9. The Labute approximate surface area is 117 Å². The van der Waals surface area contributed by atoms with Crippen molar-refractivity contribution < 1.29 is 4.79 Å². The van der Waals surface area contributed by atoms with Gasteiger partial charge in [-0.3, -0.25) is 4.79 Å². The Balaban J connectivity index is 3.93. The van der Waals surface area contributed by atoms with Crippen molar-refractivity contribution in [3.63, 3.8) is 0 Å². The minimum Gasteiger partial charge on any atom is -0.351 e. The number of hydrogen-bond donors (Lipinski definition) is 1. The van der Waals surface area contributed by atoms with Crippen LogP contribution in [-0.4, -0.2) is 41.9 Å². The van der Waals surface area contributed by atoms with Crippen molar-refractivity contribution >= 4 is 17.5 Å². The molecule has 4 heteroatoms. The molecule has 0 bridgehead atoms. The Morgan fingerprint density at radius 3 is 2.39 bits per heavy atom. The number of carbonyl (C=O) groups excluding carboxylic acids is 1. The smallest absolute Gasteiger partial charge is 0.246 e. The summed E-state index contributed by atoms with van der Waals surface area (Å²) in [6.45, 7) is 15.3. The van der Waals surface area contributed by atoms with E-state index in [4.69, 9.17) is 11.6 Å². The fourth-order valence-electron chi connectivity index (χ4n) is 1.71. The Morgan fingerprint density at radius 2 is 1.94 bits per heavy atom. The topological polar surface area (TPSA) is 32.3 Å². The molecular weight excluding hydrogens is 248 g/mol. The second-order valence-electron chi connectivity index (χ2n) is 5.01. The van der Waals surface area contributed by atoms with Gasteiger partial charge in [-0.25, -0.2) is 0 Å². The van der Waals surface area contributed by atoms with Crippen LogP contribution in [0.5, 0.6) is 0 Å². The normalized spacial score (nSPS) is 14.3. The molecular formula is C14H27ClN2O. The lowest BCUT2D eigenvalue weighted by atomic mass is 10.0. The molecule has 0 aliphatic carbocycles. The van der Waals surface area contributed by atoms with E-state index < -0.39 is 0 Å². The van der Waals surface area contributed by atoms with E-state index in [2.05, 4.69) is 30.6 Å². The van der Waals surface area contributed by atoms with Gasteiger partial charge in [0.05, 0.1) is 4.87 Å². The third-order valence-electron chi connectivity index (χ3n) is 3.07. The molecule has 0 fully saturated rings. The summed E-state index contributed by atoms with van der Waals surface area (Å²) in [6, 6.07) is 0. The van der Waals surface area contributed by atoms with Gasteiger partial charge < -0.3 is 10.2 Å². The van der Waals surface area contributed by atoms with Gasteiger partial charge in [0.2, 0.25) is 5.91 Å². The Kier molecular flexibility index (Phi) is 8.29. The van der Waals surface area contributed by atoms with Gasteiger partial charge in [0.1, 0.15) is 0 Å². The van der Waals surface area contributed by atoms with Crippen molar-refractivity contribution in [3.8, 4) is 0 Å². The number of alkyl halides is 1. The first-order chi connectivity index (χ1) is 8.32. The number of halogens is 1. The molecule has 0 radical (unpaired) electrons. The first-order valence-corrected chi connectivity index (χ1v) is 7.05. The van der Waals surface area contributed by atoms with Crippen LogP contribution in [0.4, 0.5) is 0 Å². The number of carbonyl (C=O) groups is 1. The van der Waals surface area contributed by atoms with E-state index >= 15 is 0 Å². The highest BCUT2D eigenvalue weighted by molar-refractivity contribution is 6.24. The van der Waals surface area contributed by atoms with E-state index in [-0.39, 0.29) is 10.8 Å². The third kappa shape index (κ3) is 7.72. The summed E-state index contributed by atoms with van der Waals surface area (Å²) < 4.78 is 0. The van der Waals surface area contributed by atoms with E-state index in [0.717, 1.165) is 32.5 Å². The molecule has 18 heavy (non-hydrogen) atoms. The number of nitrogens with zero attached hydrogens (tertiary/aromatic N) is 1. The van der Waals surface area contributed by atoms with Crippen LogP contribution in [0.25, 0.3) is 0 Å². The predicted molar refractivity (Wildman–Crippen MR) is 79.1 cm³/mol. The molecule has 0 aliphatic rings. The van der Waals surface area contributed by atoms with Crippen molar-refractivity contribution in [1.82, 2.24) is 10.2 Å². The average molecular weight is 275 g/mol. The highest BCUT2D eigenvalue weighted by Gasteiger charge is 2.21. The molecule has 1 unspecified atom stereocenters. The maximum atomic E-state index is 11.4. The fourth-order valence-corrected chi connectivity index (χ4v) is 1.92. The van der Waals surface area contributed by atoms with Crippen molar-refractivity contribution in [2.45, 2.75) is 45.4 Å². The van der Waals surface area contributed by atoms with Gasteiger partial charge in [0, 0.05) is 12.1 Å². The number of nitrogens with one attached hydrogen (secondary N) is 1. The predicted octanol–water partition coefficient (Wildman–Crippen LogP) is 2.80. The molecule has 0 aromatic rings. The second-order valence-corrected chi connectivity index (χ2v) is 5.92. The lowest BCUT2D eigenvalue weighted by Crippen LogP contribution is -2.37. The highest BCUT2D eigenvalue weighted by Crippen LogP contribution is 2.20. The molecule has 1 N–H and O–H groups in total. The molecule has 106 valence electrons. The van der Waals surface area contributed by atoms with Crippen LogP contribution in [0.15, 0.2) is 12.2 Å². The van der Waals surface area contributed by atoms with Crippen molar-refractivity contribution in [2.75, 3.05) is 26.2 Å². The Hall–Kier alpha value is -0.540. The summed E-state index contributed by atoms with van der Waals surface area (Å²) in [6.07, 6.45) is 1.94. The second kappa shape index (κ2) is 8.54. The van der Waals surface area contributed by atoms with E-state index in [1.807, 2.05) is 6.92 Å². The van der Waals surface area contributed by atoms with Gasteiger partial charge in [-0.2, -0.15) is 0 Å². The molecule has 0 aliphatic heterocycles. The Bertz CT molecular complexity index is 273. The van der Waals surface area contributed by atoms with E-state index in [1.165, 1.54) is 0 Å². The SMILES string of the molecule is C=C(C)C(=O)NCC(C)(Cl)CCCN(CC)CC. The van der Waals surface area contributed by atoms with Gasteiger partial charge in [0.15, 0.2) is 0 Å². The van der Waals surface area contributed by atoms with Crippen LogP contribution >= 0.6 is 11.6 Å². The lowest BCUT2D eigenvalue weighted by Gasteiger charge is -2.24. The maximum absolute atomic E-state index is 11.4. The molecule has 0 spiro atoms. The van der Waals surface area contributed by atoms with Crippen LogP contribution in [0.3, 0.4) is 0 Å². The Morgan fingerprint density at radius 1 is 1.39 bits per heavy atom. The zero-order chi connectivity index (χ0) is 14.2. The molecule has 1 atom stereocenters. The summed E-state index contributed by atoms with van der Waals surface area (Å²) in [5, 5.41) is 2.80. The van der Waals surface area contributed by atoms with E-state index in [0.29, 0.717) is 12.1 Å². The van der Waals surface area contributed by atoms with Gasteiger partial charge in [-0.1, -0.05) is 20.4 Å². The number of amides is 1. The summed E-state index contributed by atoms with van der Waals surface area (Å²) in [4.78, 5) is 13.4. The van der Waals surface area contributed by atoms with Crippen molar-refractivity contribution in [1.29, 1.82) is 0 Å². The molecule has 0 heterocycles. The zero-order valence-corrected chi connectivity index (χ0v) is 12.9. The van der Waals surface area contributed by atoms with E-state index in [9.17, 15) is 4.79 Å². The molecule has 0 aromatic carbocycles.